The van der Waals surface area contributed by atoms with Crippen LogP contribution in [0.3, 0.4) is 0 Å². The minimum Gasteiger partial charge on any atom is -0.342 e. The standard InChI is InChI=1S/C17H27N5O2S/c1-12(2)18-16(24)20-17-19-13-6-9-21(10-14(13)25-17)11-15(23)22-7-4-3-5-8-22/h12H,3-11H2,1-2H3,(H2,18,19,20,24). The second kappa shape index (κ2) is 8.14. The summed E-state index contributed by atoms with van der Waals surface area (Å²) in [6, 6.07) is -0.135. The molecule has 0 unspecified atom stereocenters. The Morgan fingerprint density at radius 1 is 1.20 bits per heavy atom. The first kappa shape index (κ1) is 18.1. The largest absolute Gasteiger partial charge is 0.342 e. The number of carbonyl (C=O) groups is 2. The van der Waals surface area contributed by atoms with Crippen molar-refractivity contribution < 1.29 is 9.59 Å². The molecule has 0 atom stereocenters. The van der Waals surface area contributed by atoms with Crippen LogP contribution in [0, 0.1) is 0 Å². The highest BCUT2D eigenvalue weighted by Gasteiger charge is 2.25. The van der Waals surface area contributed by atoms with Crippen LogP contribution < -0.4 is 10.6 Å². The maximum Gasteiger partial charge on any atom is 0.321 e. The molecule has 2 aliphatic rings. The number of thiazole rings is 1. The molecule has 0 saturated carbocycles. The number of carbonyl (C=O) groups excluding carboxylic acids is 2. The number of rotatable bonds is 4. The average Bonchev–Trinajstić information content (AvgIpc) is 2.96. The molecule has 3 heterocycles. The van der Waals surface area contributed by atoms with E-state index < -0.39 is 0 Å². The summed E-state index contributed by atoms with van der Waals surface area (Å²) in [5.74, 6) is 0.238. The molecular weight excluding hydrogens is 338 g/mol. The molecule has 2 aliphatic heterocycles. The third kappa shape index (κ3) is 4.92. The fourth-order valence-electron chi connectivity index (χ4n) is 3.27. The van der Waals surface area contributed by atoms with Crippen molar-refractivity contribution >= 4 is 28.4 Å². The Bertz CT molecular complexity index is 625. The lowest BCUT2D eigenvalue weighted by Crippen LogP contribution is -2.43. The number of hydrogen-bond acceptors (Lipinski definition) is 5. The van der Waals surface area contributed by atoms with E-state index in [0.717, 1.165) is 56.0 Å². The van der Waals surface area contributed by atoms with Gasteiger partial charge in [-0.05, 0) is 33.1 Å². The van der Waals surface area contributed by atoms with Crippen LogP contribution in [-0.4, -0.2) is 58.9 Å². The average molecular weight is 366 g/mol. The van der Waals surface area contributed by atoms with Crippen LogP contribution in [0.4, 0.5) is 9.93 Å². The van der Waals surface area contributed by atoms with Crippen LogP contribution >= 0.6 is 11.3 Å². The van der Waals surface area contributed by atoms with E-state index in [1.807, 2.05) is 18.7 Å². The first-order valence-corrected chi connectivity index (χ1v) is 9.89. The van der Waals surface area contributed by atoms with E-state index in [1.54, 1.807) is 0 Å². The SMILES string of the molecule is CC(C)NC(=O)Nc1nc2c(s1)CN(CC(=O)N1CCCCC1)CC2. The molecule has 1 saturated heterocycles. The molecule has 0 bridgehead atoms. The summed E-state index contributed by atoms with van der Waals surface area (Å²) in [4.78, 5) is 34.1. The molecule has 7 nitrogen and oxygen atoms in total. The number of piperidine rings is 1. The van der Waals surface area contributed by atoms with Gasteiger partial charge in [0.15, 0.2) is 5.13 Å². The van der Waals surface area contributed by atoms with Gasteiger partial charge in [0, 0.05) is 43.5 Å². The summed E-state index contributed by atoms with van der Waals surface area (Å²) in [6.07, 6.45) is 4.31. The van der Waals surface area contributed by atoms with E-state index >= 15 is 0 Å². The molecule has 0 spiro atoms. The van der Waals surface area contributed by atoms with Gasteiger partial charge in [-0.1, -0.05) is 0 Å². The molecule has 138 valence electrons. The lowest BCUT2D eigenvalue weighted by molar-refractivity contribution is -0.133. The maximum absolute atomic E-state index is 12.4. The van der Waals surface area contributed by atoms with Crippen LogP contribution in [0.25, 0.3) is 0 Å². The first-order chi connectivity index (χ1) is 12.0. The van der Waals surface area contributed by atoms with E-state index in [2.05, 4.69) is 20.5 Å². The lowest BCUT2D eigenvalue weighted by Gasteiger charge is -2.31. The van der Waals surface area contributed by atoms with Crippen LogP contribution in [0.5, 0.6) is 0 Å². The number of hydrogen-bond donors (Lipinski definition) is 2. The van der Waals surface area contributed by atoms with Gasteiger partial charge in [0.25, 0.3) is 0 Å². The molecule has 8 heteroatoms. The highest BCUT2D eigenvalue weighted by atomic mass is 32.1. The Kier molecular flexibility index (Phi) is 5.90. The summed E-state index contributed by atoms with van der Waals surface area (Å²) in [7, 11) is 0. The highest BCUT2D eigenvalue weighted by molar-refractivity contribution is 7.15. The van der Waals surface area contributed by atoms with Crippen LogP contribution in [0.1, 0.15) is 43.7 Å². The second-order valence-corrected chi connectivity index (χ2v) is 8.13. The minimum absolute atomic E-state index is 0.0888. The van der Waals surface area contributed by atoms with Crippen molar-refractivity contribution in [1.29, 1.82) is 0 Å². The van der Waals surface area contributed by atoms with Crippen molar-refractivity contribution in [2.75, 3.05) is 31.5 Å². The lowest BCUT2D eigenvalue weighted by atomic mass is 10.1. The number of urea groups is 1. The summed E-state index contributed by atoms with van der Waals surface area (Å²) in [5, 5.41) is 6.23. The van der Waals surface area contributed by atoms with Crippen molar-refractivity contribution in [2.24, 2.45) is 0 Å². The zero-order chi connectivity index (χ0) is 17.8. The van der Waals surface area contributed by atoms with Gasteiger partial charge in [0.05, 0.1) is 12.2 Å². The Balaban J connectivity index is 1.54. The van der Waals surface area contributed by atoms with E-state index in [9.17, 15) is 9.59 Å². The Morgan fingerprint density at radius 3 is 2.68 bits per heavy atom. The predicted molar refractivity (Wildman–Crippen MR) is 98.8 cm³/mol. The van der Waals surface area contributed by atoms with Gasteiger partial charge in [-0.3, -0.25) is 15.0 Å². The number of aromatic nitrogens is 1. The smallest absolute Gasteiger partial charge is 0.321 e. The maximum atomic E-state index is 12.4. The Labute approximate surface area is 152 Å². The highest BCUT2D eigenvalue weighted by Crippen LogP contribution is 2.28. The number of likely N-dealkylation sites (tertiary alicyclic amines) is 1. The molecule has 0 aromatic carbocycles. The van der Waals surface area contributed by atoms with E-state index in [0.29, 0.717) is 11.7 Å². The number of amides is 3. The fourth-order valence-corrected chi connectivity index (χ4v) is 4.31. The van der Waals surface area contributed by atoms with Gasteiger partial charge < -0.3 is 10.2 Å². The van der Waals surface area contributed by atoms with Gasteiger partial charge in [-0.15, -0.1) is 11.3 Å². The Morgan fingerprint density at radius 2 is 1.96 bits per heavy atom. The van der Waals surface area contributed by atoms with Crippen molar-refractivity contribution in [2.45, 2.75) is 52.1 Å². The fraction of sp³-hybridized carbons (Fsp3) is 0.706. The third-order valence-corrected chi connectivity index (χ3v) is 5.52. The van der Waals surface area contributed by atoms with Gasteiger partial charge in [-0.2, -0.15) is 0 Å². The molecule has 25 heavy (non-hydrogen) atoms. The normalized spacial score (nSPS) is 18.1. The predicted octanol–water partition coefficient (Wildman–Crippen LogP) is 2.04. The second-order valence-electron chi connectivity index (χ2n) is 7.04. The van der Waals surface area contributed by atoms with Crippen molar-refractivity contribution in [3.8, 4) is 0 Å². The van der Waals surface area contributed by atoms with Gasteiger partial charge in [0.2, 0.25) is 5.91 Å². The monoisotopic (exact) mass is 365 g/mol. The van der Waals surface area contributed by atoms with Gasteiger partial charge in [0.1, 0.15) is 0 Å². The number of anilines is 1. The zero-order valence-corrected chi connectivity index (χ0v) is 15.8. The zero-order valence-electron chi connectivity index (χ0n) is 15.0. The molecule has 1 aromatic heterocycles. The first-order valence-electron chi connectivity index (χ1n) is 9.07. The van der Waals surface area contributed by atoms with Crippen LogP contribution in [-0.2, 0) is 17.8 Å². The van der Waals surface area contributed by atoms with Crippen molar-refractivity contribution in [3.05, 3.63) is 10.6 Å². The molecular formula is C17H27N5O2S. The van der Waals surface area contributed by atoms with E-state index in [4.69, 9.17) is 0 Å². The molecule has 2 N–H and O–H groups in total. The van der Waals surface area contributed by atoms with E-state index in [-0.39, 0.29) is 18.0 Å². The van der Waals surface area contributed by atoms with Crippen molar-refractivity contribution in [3.63, 3.8) is 0 Å². The van der Waals surface area contributed by atoms with Gasteiger partial charge >= 0.3 is 6.03 Å². The number of nitrogens with one attached hydrogen (secondary N) is 2. The molecule has 1 fully saturated rings. The summed E-state index contributed by atoms with van der Waals surface area (Å²) >= 11 is 1.51. The molecule has 0 radical (unpaired) electrons. The molecule has 0 aliphatic carbocycles. The molecule has 1 aromatic rings. The van der Waals surface area contributed by atoms with Gasteiger partial charge in [-0.25, -0.2) is 9.78 Å². The van der Waals surface area contributed by atoms with Crippen LogP contribution in [0.15, 0.2) is 0 Å². The van der Waals surface area contributed by atoms with Crippen LogP contribution in [0.2, 0.25) is 0 Å². The van der Waals surface area contributed by atoms with E-state index in [1.165, 1.54) is 17.8 Å². The third-order valence-electron chi connectivity index (χ3n) is 4.52. The number of fused-ring (bicyclic) bond motifs is 1. The number of nitrogens with zero attached hydrogens (tertiary/aromatic N) is 3. The minimum atomic E-state index is -0.224. The summed E-state index contributed by atoms with van der Waals surface area (Å²) in [6.45, 7) is 7.70. The Hall–Kier alpha value is -1.67. The molecule has 3 rings (SSSR count). The molecule has 3 amide bonds. The summed E-state index contributed by atoms with van der Waals surface area (Å²) < 4.78 is 0. The summed E-state index contributed by atoms with van der Waals surface area (Å²) in [5.41, 5.74) is 1.05. The van der Waals surface area contributed by atoms with Crippen molar-refractivity contribution in [1.82, 2.24) is 20.1 Å². The quantitative estimate of drug-likeness (QED) is 0.856. The topological polar surface area (TPSA) is 77.6 Å².